The van der Waals surface area contributed by atoms with Gasteiger partial charge in [0.1, 0.15) is 0 Å². The van der Waals surface area contributed by atoms with Crippen LogP contribution in [0, 0.1) is 5.92 Å². The van der Waals surface area contributed by atoms with E-state index >= 15 is 0 Å². The number of likely N-dealkylation sites (tertiary alicyclic amines) is 1. The highest BCUT2D eigenvalue weighted by Crippen LogP contribution is 2.23. The van der Waals surface area contributed by atoms with Crippen LogP contribution < -0.4 is 5.73 Å². The van der Waals surface area contributed by atoms with Gasteiger partial charge in [0.05, 0.1) is 6.61 Å². The van der Waals surface area contributed by atoms with Gasteiger partial charge in [0, 0.05) is 32.6 Å². The second-order valence-corrected chi connectivity index (χ2v) is 5.26. The first kappa shape index (κ1) is 15.4. The van der Waals surface area contributed by atoms with Gasteiger partial charge in [-0.3, -0.25) is 9.69 Å². The highest BCUT2D eigenvalue weighted by atomic mass is 16.3. The highest BCUT2D eigenvalue weighted by molar-refractivity contribution is 5.76. The van der Waals surface area contributed by atoms with E-state index in [2.05, 4.69) is 11.8 Å². The normalized spacial score (nSPS) is 24.4. The van der Waals surface area contributed by atoms with Crippen molar-refractivity contribution >= 4 is 5.91 Å². The topological polar surface area (TPSA) is 69.8 Å². The van der Waals surface area contributed by atoms with Crippen LogP contribution in [0.2, 0.25) is 0 Å². The summed E-state index contributed by atoms with van der Waals surface area (Å²) in [6, 6.07) is 0.229. The Bertz CT molecular complexity index is 261. The number of carbonyl (C=O) groups excluding carboxylic acids is 1. The molecule has 0 aromatic rings. The third-order valence-corrected chi connectivity index (χ3v) is 3.92. The number of aliphatic hydroxyl groups is 1. The SMILES string of the molecule is CC1CCN(CCC(=O)N(C)CCCN)C1CO. The smallest absolute Gasteiger partial charge is 0.223 e. The Morgan fingerprint density at radius 1 is 1.56 bits per heavy atom. The van der Waals surface area contributed by atoms with Gasteiger partial charge in [0.25, 0.3) is 0 Å². The largest absolute Gasteiger partial charge is 0.395 e. The van der Waals surface area contributed by atoms with Crippen LogP contribution in [0.25, 0.3) is 0 Å². The minimum Gasteiger partial charge on any atom is -0.395 e. The van der Waals surface area contributed by atoms with Crippen molar-refractivity contribution in [3.05, 3.63) is 0 Å². The Morgan fingerprint density at radius 3 is 2.89 bits per heavy atom. The predicted molar refractivity (Wildman–Crippen MR) is 72.2 cm³/mol. The average molecular weight is 257 g/mol. The average Bonchev–Trinajstić information content (AvgIpc) is 2.73. The third-order valence-electron chi connectivity index (χ3n) is 3.92. The Hall–Kier alpha value is -0.650. The monoisotopic (exact) mass is 257 g/mol. The van der Waals surface area contributed by atoms with E-state index in [1.54, 1.807) is 4.90 Å². The molecular weight excluding hydrogens is 230 g/mol. The van der Waals surface area contributed by atoms with Crippen molar-refractivity contribution in [3.63, 3.8) is 0 Å². The van der Waals surface area contributed by atoms with Gasteiger partial charge in [-0.25, -0.2) is 0 Å². The fraction of sp³-hybridized carbons (Fsp3) is 0.923. The number of rotatable bonds is 7. The summed E-state index contributed by atoms with van der Waals surface area (Å²) in [5.74, 6) is 0.694. The van der Waals surface area contributed by atoms with Crippen LogP contribution >= 0.6 is 0 Å². The molecule has 0 radical (unpaired) electrons. The Balaban J connectivity index is 2.29. The van der Waals surface area contributed by atoms with Crippen molar-refractivity contribution in [2.24, 2.45) is 11.7 Å². The predicted octanol–water partition coefficient (Wildman–Crippen LogP) is -0.114. The summed E-state index contributed by atoms with van der Waals surface area (Å²) < 4.78 is 0. The number of carbonyl (C=O) groups is 1. The lowest BCUT2D eigenvalue weighted by Crippen LogP contribution is -2.38. The minimum absolute atomic E-state index is 0.166. The molecule has 1 fully saturated rings. The zero-order valence-corrected chi connectivity index (χ0v) is 11.6. The first-order valence-corrected chi connectivity index (χ1v) is 6.89. The first-order valence-electron chi connectivity index (χ1n) is 6.89. The number of amides is 1. The molecule has 5 heteroatoms. The van der Waals surface area contributed by atoms with E-state index in [-0.39, 0.29) is 18.6 Å². The molecule has 1 rings (SSSR count). The summed E-state index contributed by atoms with van der Waals surface area (Å²) in [5, 5.41) is 9.35. The molecule has 0 bridgehead atoms. The quantitative estimate of drug-likeness (QED) is 0.667. The molecule has 0 saturated carbocycles. The van der Waals surface area contributed by atoms with Gasteiger partial charge in [-0.15, -0.1) is 0 Å². The van der Waals surface area contributed by atoms with Crippen molar-refractivity contribution in [3.8, 4) is 0 Å². The summed E-state index contributed by atoms with van der Waals surface area (Å²) in [5.41, 5.74) is 5.43. The molecule has 1 heterocycles. The van der Waals surface area contributed by atoms with Gasteiger partial charge in [0.2, 0.25) is 5.91 Å². The number of hydrogen-bond acceptors (Lipinski definition) is 4. The maximum Gasteiger partial charge on any atom is 0.223 e. The van der Waals surface area contributed by atoms with E-state index in [0.29, 0.717) is 18.9 Å². The fourth-order valence-corrected chi connectivity index (χ4v) is 2.54. The lowest BCUT2D eigenvalue weighted by atomic mass is 10.0. The van der Waals surface area contributed by atoms with Crippen LogP contribution in [0.15, 0.2) is 0 Å². The Labute approximate surface area is 110 Å². The van der Waals surface area contributed by atoms with Gasteiger partial charge in [-0.2, -0.15) is 0 Å². The zero-order chi connectivity index (χ0) is 13.5. The molecule has 106 valence electrons. The van der Waals surface area contributed by atoms with Crippen LogP contribution in [-0.2, 0) is 4.79 Å². The molecule has 0 aliphatic carbocycles. The second-order valence-electron chi connectivity index (χ2n) is 5.26. The molecule has 2 unspecified atom stereocenters. The lowest BCUT2D eigenvalue weighted by molar-refractivity contribution is -0.130. The molecule has 1 amide bonds. The fourth-order valence-electron chi connectivity index (χ4n) is 2.54. The molecule has 0 aromatic carbocycles. The molecule has 2 atom stereocenters. The number of hydrogen-bond donors (Lipinski definition) is 2. The van der Waals surface area contributed by atoms with Gasteiger partial charge in [-0.1, -0.05) is 6.92 Å². The van der Waals surface area contributed by atoms with Crippen molar-refractivity contribution < 1.29 is 9.90 Å². The van der Waals surface area contributed by atoms with E-state index in [4.69, 9.17) is 5.73 Å². The molecule has 1 aliphatic rings. The van der Waals surface area contributed by atoms with Crippen LogP contribution in [0.5, 0.6) is 0 Å². The Morgan fingerprint density at radius 2 is 2.28 bits per heavy atom. The standard InChI is InChI=1S/C13H27N3O2/c1-11-4-8-16(12(11)10-17)9-5-13(18)15(2)7-3-6-14/h11-12,17H,3-10,14H2,1-2H3. The second kappa shape index (κ2) is 7.71. The summed E-state index contributed by atoms with van der Waals surface area (Å²) >= 11 is 0. The Kier molecular flexibility index (Phi) is 6.60. The zero-order valence-electron chi connectivity index (χ0n) is 11.6. The van der Waals surface area contributed by atoms with Crippen molar-refractivity contribution in [1.29, 1.82) is 0 Å². The summed E-state index contributed by atoms with van der Waals surface area (Å²) in [4.78, 5) is 15.9. The maximum atomic E-state index is 11.9. The van der Waals surface area contributed by atoms with Crippen molar-refractivity contribution in [2.75, 3.05) is 39.8 Å². The van der Waals surface area contributed by atoms with Crippen molar-refractivity contribution in [1.82, 2.24) is 9.80 Å². The number of nitrogens with two attached hydrogens (primary N) is 1. The summed E-state index contributed by atoms with van der Waals surface area (Å²) in [7, 11) is 1.83. The molecule has 1 saturated heterocycles. The molecule has 1 aliphatic heterocycles. The minimum atomic E-state index is 0.166. The van der Waals surface area contributed by atoms with Gasteiger partial charge in [0.15, 0.2) is 0 Å². The van der Waals surface area contributed by atoms with E-state index in [1.807, 2.05) is 7.05 Å². The van der Waals surface area contributed by atoms with Crippen molar-refractivity contribution in [2.45, 2.75) is 32.2 Å². The van der Waals surface area contributed by atoms with Gasteiger partial charge >= 0.3 is 0 Å². The molecule has 0 aromatic heterocycles. The molecule has 5 nitrogen and oxygen atoms in total. The van der Waals surface area contributed by atoms with Crippen LogP contribution in [-0.4, -0.2) is 66.7 Å². The summed E-state index contributed by atoms with van der Waals surface area (Å²) in [6.45, 7) is 5.45. The van der Waals surface area contributed by atoms with E-state index in [1.165, 1.54) is 0 Å². The van der Waals surface area contributed by atoms with E-state index in [0.717, 1.165) is 32.5 Å². The first-order chi connectivity index (χ1) is 8.60. The molecule has 0 spiro atoms. The molecule has 18 heavy (non-hydrogen) atoms. The highest BCUT2D eigenvalue weighted by Gasteiger charge is 2.30. The van der Waals surface area contributed by atoms with E-state index in [9.17, 15) is 9.90 Å². The van der Waals surface area contributed by atoms with Crippen LogP contribution in [0.4, 0.5) is 0 Å². The van der Waals surface area contributed by atoms with E-state index < -0.39 is 0 Å². The van der Waals surface area contributed by atoms with Gasteiger partial charge < -0.3 is 15.7 Å². The van der Waals surface area contributed by atoms with Crippen LogP contribution in [0.3, 0.4) is 0 Å². The number of aliphatic hydroxyl groups excluding tert-OH is 1. The molecular formula is C13H27N3O2. The van der Waals surface area contributed by atoms with Gasteiger partial charge in [-0.05, 0) is 31.8 Å². The number of nitrogens with zero attached hydrogens (tertiary/aromatic N) is 2. The third kappa shape index (κ3) is 4.23. The molecule has 3 N–H and O–H groups in total. The summed E-state index contributed by atoms with van der Waals surface area (Å²) in [6.07, 6.45) is 2.50. The van der Waals surface area contributed by atoms with Crippen LogP contribution in [0.1, 0.15) is 26.2 Å². The maximum absolute atomic E-state index is 11.9. The lowest BCUT2D eigenvalue weighted by Gasteiger charge is -2.25.